The van der Waals surface area contributed by atoms with E-state index in [0.717, 1.165) is 12.8 Å². The Morgan fingerprint density at radius 3 is 2.29 bits per heavy atom. The van der Waals surface area contributed by atoms with E-state index in [-0.39, 0.29) is 17.9 Å². The van der Waals surface area contributed by atoms with Crippen LogP contribution in [0.25, 0.3) is 0 Å². The van der Waals surface area contributed by atoms with Crippen LogP contribution in [0.1, 0.15) is 59.3 Å². The fraction of sp³-hybridized carbons (Fsp3) is 0.846. The molecular formula is C13H24N2O2. The lowest BCUT2D eigenvalue weighted by molar-refractivity contribution is -0.133. The summed E-state index contributed by atoms with van der Waals surface area (Å²) in [6, 6.07) is 0.288. The summed E-state index contributed by atoms with van der Waals surface area (Å²) >= 11 is 0. The monoisotopic (exact) mass is 240 g/mol. The average Bonchev–Trinajstić information content (AvgIpc) is 2.29. The van der Waals surface area contributed by atoms with Crippen molar-refractivity contribution in [1.82, 2.24) is 10.6 Å². The maximum atomic E-state index is 12.2. The van der Waals surface area contributed by atoms with Gasteiger partial charge in [-0.25, -0.2) is 0 Å². The van der Waals surface area contributed by atoms with E-state index in [1.807, 2.05) is 6.92 Å². The molecule has 1 rings (SSSR count). The summed E-state index contributed by atoms with van der Waals surface area (Å²) in [5, 5.41) is 5.81. The van der Waals surface area contributed by atoms with Crippen LogP contribution >= 0.6 is 0 Å². The third kappa shape index (κ3) is 4.02. The van der Waals surface area contributed by atoms with Crippen molar-refractivity contribution in [3.63, 3.8) is 0 Å². The van der Waals surface area contributed by atoms with E-state index in [1.165, 1.54) is 26.2 Å². The molecule has 0 bridgehead atoms. The molecule has 0 radical (unpaired) electrons. The third-order valence-corrected chi connectivity index (χ3v) is 3.60. The zero-order valence-corrected chi connectivity index (χ0v) is 11.1. The molecule has 1 aliphatic carbocycles. The Kier molecular flexibility index (Phi) is 4.97. The van der Waals surface area contributed by atoms with Crippen molar-refractivity contribution in [2.75, 3.05) is 0 Å². The molecule has 2 amide bonds. The van der Waals surface area contributed by atoms with Crippen LogP contribution in [0.3, 0.4) is 0 Å². The minimum absolute atomic E-state index is 0.0536. The zero-order chi connectivity index (χ0) is 12.9. The first-order valence-electron chi connectivity index (χ1n) is 6.57. The standard InChI is InChI=1S/C13H24N2O2/c1-4-13(3,15-10(2)16)12(17)14-11-8-6-5-7-9-11/h11H,4-9H2,1-3H3,(H,14,17)(H,15,16)/t13-/m0/s1. The predicted octanol–water partition coefficient (Wildman–Crippen LogP) is 1.74. The number of nitrogens with one attached hydrogen (secondary N) is 2. The van der Waals surface area contributed by atoms with Crippen molar-refractivity contribution < 1.29 is 9.59 Å². The van der Waals surface area contributed by atoms with Gasteiger partial charge in [0.25, 0.3) is 0 Å². The number of carbonyl (C=O) groups excluding carboxylic acids is 2. The molecule has 0 aromatic heterocycles. The first-order valence-corrected chi connectivity index (χ1v) is 6.57. The number of amides is 2. The highest BCUT2D eigenvalue weighted by molar-refractivity contribution is 5.90. The van der Waals surface area contributed by atoms with Gasteiger partial charge >= 0.3 is 0 Å². The van der Waals surface area contributed by atoms with Crippen LogP contribution in [0.4, 0.5) is 0 Å². The van der Waals surface area contributed by atoms with Crippen LogP contribution < -0.4 is 10.6 Å². The number of rotatable bonds is 4. The van der Waals surface area contributed by atoms with Gasteiger partial charge in [0.2, 0.25) is 11.8 Å². The molecule has 0 heterocycles. The van der Waals surface area contributed by atoms with Gasteiger partial charge in [0.1, 0.15) is 5.54 Å². The Morgan fingerprint density at radius 2 is 1.82 bits per heavy atom. The van der Waals surface area contributed by atoms with Crippen LogP contribution in [0.2, 0.25) is 0 Å². The Bertz CT molecular complexity index is 285. The summed E-state index contributed by atoms with van der Waals surface area (Å²) in [5.74, 6) is -0.213. The lowest BCUT2D eigenvalue weighted by Gasteiger charge is -2.31. The van der Waals surface area contributed by atoms with E-state index in [2.05, 4.69) is 10.6 Å². The quantitative estimate of drug-likeness (QED) is 0.786. The summed E-state index contributed by atoms with van der Waals surface area (Å²) in [5.41, 5.74) is -0.775. The average molecular weight is 240 g/mol. The molecule has 0 saturated heterocycles. The second-order valence-corrected chi connectivity index (χ2v) is 5.18. The van der Waals surface area contributed by atoms with Crippen LogP contribution in [0.5, 0.6) is 0 Å². The topological polar surface area (TPSA) is 58.2 Å². The fourth-order valence-corrected chi connectivity index (χ4v) is 2.29. The van der Waals surface area contributed by atoms with E-state index in [9.17, 15) is 9.59 Å². The van der Waals surface area contributed by atoms with Crippen molar-refractivity contribution in [3.05, 3.63) is 0 Å². The van der Waals surface area contributed by atoms with Crippen LogP contribution in [-0.4, -0.2) is 23.4 Å². The predicted molar refractivity (Wildman–Crippen MR) is 67.5 cm³/mol. The normalized spacial score (nSPS) is 20.4. The minimum atomic E-state index is -0.775. The van der Waals surface area contributed by atoms with Crippen LogP contribution in [-0.2, 0) is 9.59 Å². The molecular weight excluding hydrogens is 216 g/mol. The molecule has 1 atom stereocenters. The van der Waals surface area contributed by atoms with Crippen molar-refractivity contribution in [2.24, 2.45) is 0 Å². The van der Waals surface area contributed by atoms with E-state index in [1.54, 1.807) is 6.92 Å². The number of hydrogen-bond acceptors (Lipinski definition) is 2. The summed E-state index contributed by atoms with van der Waals surface area (Å²) in [6.07, 6.45) is 6.37. The molecule has 17 heavy (non-hydrogen) atoms. The molecule has 98 valence electrons. The lowest BCUT2D eigenvalue weighted by Crippen LogP contribution is -2.57. The van der Waals surface area contributed by atoms with Gasteiger partial charge < -0.3 is 10.6 Å². The maximum absolute atomic E-state index is 12.2. The molecule has 1 saturated carbocycles. The highest BCUT2D eigenvalue weighted by Crippen LogP contribution is 2.19. The van der Waals surface area contributed by atoms with E-state index < -0.39 is 5.54 Å². The van der Waals surface area contributed by atoms with Crippen molar-refractivity contribution >= 4 is 11.8 Å². The largest absolute Gasteiger partial charge is 0.351 e. The summed E-state index contributed by atoms with van der Waals surface area (Å²) in [6.45, 7) is 5.14. The van der Waals surface area contributed by atoms with Gasteiger partial charge in [-0.1, -0.05) is 26.2 Å². The van der Waals surface area contributed by atoms with Crippen molar-refractivity contribution in [1.29, 1.82) is 0 Å². The molecule has 4 heteroatoms. The van der Waals surface area contributed by atoms with Gasteiger partial charge in [-0.2, -0.15) is 0 Å². The fourth-order valence-electron chi connectivity index (χ4n) is 2.29. The second-order valence-electron chi connectivity index (χ2n) is 5.18. The van der Waals surface area contributed by atoms with Crippen molar-refractivity contribution in [2.45, 2.75) is 70.9 Å². The van der Waals surface area contributed by atoms with Gasteiger partial charge in [0.15, 0.2) is 0 Å². The molecule has 0 spiro atoms. The summed E-state index contributed by atoms with van der Waals surface area (Å²) in [7, 11) is 0. The Balaban J connectivity index is 2.55. The third-order valence-electron chi connectivity index (χ3n) is 3.60. The summed E-state index contributed by atoms with van der Waals surface area (Å²) in [4.78, 5) is 23.3. The van der Waals surface area contributed by atoms with E-state index in [0.29, 0.717) is 6.42 Å². The van der Waals surface area contributed by atoms with Crippen LogP contribution in [0, 0.1) is 0 Å². The highest BCUT2D eigenvalue weighted by atomic mass is 16.2. The Labute approximate surface area is 104 Å². The first-order chi connectivity index (χ1) is 7.98. The van der Waals surface area contributed by atoms with E-state index in [4.69, 9.17) is 0 Å². The SMILES string of the molecule is CC[C@](C)(NC(C)=O)C(=O)NC1CCCCC1. The second kappa shape index (κ2) is 6.03. The van der Waals surface area contributed by atoms with Gasteiger partial charge in [-0.05, 0) is 26.2 Å². The zero-order valence-electron chi connectivity index (χ0n) is 11.1. The van der Waals surface area contributed by atoms with Gasteiger partial charge in [-0.3, -0.25) is 9.59 Å². The molecule has 0 aromatic rings. The first kappa shape index (κ1) is 14.0. The van der Waals surface area contributed by atoms with Gasteiger partial charge in [0, 0.05) is 13.0 Å². The Hall–Kier alpha value is -1.06. The van der Waals surface area contributed by atoms with Gasteiger partial charge in [0.05, 0.1) is 0 Å². The molecule has 4 nitrogen and oxygen atoms in total. The smallest absolute Gasteiger partial charge is 0.245 e. The highest BCUT2D eigenvalue weighted by Gasteiger charge is 2.33. The molecule has 1 aliphatic rings. The lowest BCUT2D eigenvalue weighted by atomic mass is 9.92. The molecule has 1 fully saturated rings. The molecule has 0 aromatic carbocycles. The number of hydrogen-bond donors (Lipinski definition) is 2. The Morgan fingerprint density at radius 1 is 1.24 bits per heavy atom. The molecule has 2 N–H and O–H groups in total. The van der Waals surface area contributed by atoms with Crippen LogP contribution in [0.15, 0.2) is 0 Å². The molecule has 0 aliphatic heterocycles. The number of carbonyl (C=O) groups is 2. The minimum Gasteiger partial charge on any atom is -0.351 e. The van der Waals surface area contributed by atoms with Gasteiger partial charge in [-0.15, -0.1) is 0 Å². The summed E-state index contributed by atoms with van der Waals surface area (Å²) < 4.78 is 0. The maximum Gasteiger partial charge on any atom is 0.245 e. The molecule has 0 unspecified atom stereocenters. The van der Waals surface area contributed by atoms with Crippen molar-refractivity contribution in [3.8, 4) is 0 Å². The van der Waals surface area contributed by atoms with E-state index >= 15 is 0 Å².